The van der Waals surface area contributed by atoms with Crippen molar-refractivity contribution in [3.05, 3.63) is 41.5 Å². The summed E-state index contributed by atoms with van der Waals surface area (Å²) in [6.45, 7) is 11.1. The van der Waals surface area contributed by atoms with Crippen LogP contribution in [0, 0.1) is 19.8 Å². The van der Waals surface area contributed by atoms with E-state index in [0.717, 1.165) is 17.3 Å². The fourth-order valence-corrected chi connectivity index (χ4v) is 2.35. The Morgan fingerprint density at radius 1 is 1.17 bits per heavy atom. The first kappa shape index (κ1) is 18.1. The van der Waals surface area contributed by atoms with Crippen LogP contribution in [0.3, 0.4) is 0 Å². The summed E-state index contributed by atoms with van der Waals surface area (Å²) in [7, 11) is 0. The molecule has 0 aliphatic heterocycles. The Balaban J connectivity index is 1.95. The molecule has 2 aromatic rings. The number of rotatable bonds is 7. The monoisotopic (exact) mass is 330 g/mol. The molecule has 24 heavy (non-hydrogen) atoms. The number of nitrogens with one attached hydrogen (secondary N) is 1. The Morgan fingerprint density at radius 3 is 2.38 bits per heavy atom. The first-order chi connectivity index (χ1) is 11.4. The van der Waals surface area contributed by atoms with Crippen molar-refractivity contribution >= 4 is 5.91 Å². The van der Waals surface area contributed by atoms with Crippen LogP contribution in [0.5, 0.6) is 0 Å². The molecule has 0 radical (unpaired) electrons. The zero-order chi connectivity index (χ0) is 17.7. The van der Waals surface area contributed by atoms with E-state index in [-0.39, 0.29) is 11.9 Å². The van der Waals surface area contributed by atoms with Crippen LogP contribution in [0.4, 0.5) is 0 Å². The van der Waals surface area contributed by atoms with Crippen LogP contribution in [-0.2, 0) is 4.74 Å². The van der Waals surface area contributed by atoms with Crippen LogP contribution in [0.2, 0.25) is 0 Å². The lowest BCUT2D eigenvalue weighted by Crippen LogP contribution is -2.36. The van der Waals surface area contributed by atoms with Crippen molar-refractivity contribution in [2.75, 3.05) is 13.2 Å². The van der Waals surface area contributed by atoms with Gasteiger partial charge in [-0.3, -0.25) is 4.79 Å². The summed E-state index contributed by atoms with van der Waals surface area (Å²) in [4.78, 5) is 16.6. The van der Waals surface area contributed by atoms with Crippen molar-refractivity contribution in [1.82, 2.24) is 20.1 Å². The quantitative estimate of drug-likeness (QED) is 0.847. The second-order valence-corrected chi connectivity index (χ2v) is 6.47. The number of aromatic nitrogens is 3. The van der Waals surface area contributed by atoms with Gasteiger partial charge in [-0.05, 0) is 51.0 Å². The first-order valence-corrected chi connectivity index (χ1v) is 8.26. The smallest absolute Gasteiger partial charge is 0.251 e. The lowest BCUT2D eigenvalue weighted by Gasteiger charge is -2.15. The summed E-state index contributed by atoms with van der Waals surface area (Å²) >= 11 is 0. The number of ether oxygens (including phenoxy) is 1. The van der Waals surface area contributed by atoms with E-state index in [2.05, 4.69) is 29.2 Å². The zero-order valence-corrected chi connectivity index (χ0v) is 15.0. The second kappa shape index (κ2) is 8.06. The van der Waals surface area contributed by atoms with Gasteiger partial charge in [0.1, 0.15) is 11.6 Å². The van der Waals surface area contributed by atoms with Gasteiger partial charge in [0.25, 0.3) is 5.91 Å². The highest BCUT2D eigenvalue weighted by atomic mass is 16.5. The van der Waals surface area contributed by atoms with Crippen LogP contribution in [-0.4, -0.2) is 39.9 Å². The first-order valence-electron chi connectivity index (χ1n) is 8.26. The van der Waals surface area contributed by atoms with E-state index in [9.17, 15) is 4.79 Å². The van der Waals surface area contributed by atoms with Gasteiger partial charge in [-0.15, -0.1) is 0 Å². The summed E-state index contributed by atoms with van der Waals surface area (Å²) in [6, 6.07) is 7.30. The minimum atomic E-state index is -0.103. The molecule has 1 N–H and O–H groups in total. The van der Waals surface area contributed by atoms with E-state index in [1.165, 1.54) is 0 Å². The van der Waals surface area contributed by atoms with Crippen LogP contribution in [0.25, 0.3) is 5.69 Å². The van der Waals surface area contributed by atoms with E-state index in [1.54, 1.807) is 16.8 Å². The second-order valence-electron chi connectivity index (χ2n) is 6.47. The molecule has 1 aromatic heterocycles. The molecule has 6 nitrogen and oxygen atoms in total. The van der Waals surface area contributed by atoms with E-state index >= 15 is 0 Å². The van der Waals surface area contributed by atoms with E-state index in [0.29, 0.717) is 24.7 Å². The van der Waals surface area contributed by atoms with Gasteiger partial charge in [0, 0.05) is 18.2 Å². The Kier molecular flexibility index (Phi) is 6.09. The maximum absolute atomic E-state index is 12.3. The number of nitrogens with zero attached hydrogens (tertiary/aromatic N) is 3. The molecule has 0 spiro atoms. The molecule has 0 aliphatic rings. The number of carbonyl (C=O) groups is 1. The van der Waals surface area contributed by atoms with Crippen LogP contribution < -0.4 is 5.32 Å². The molecule has 2 rings (SSSR count). The highest BCUT2D eigenvalue weighted by Crippen LogP contribution is 2.11. The molecule has 0 fully saturated rings. The van der Waals surface area contributed by atoms with E-state index < -0.39 is 0 Å². The number of aryl methyl sites for hydroxylation is 2. The van der Waals surface area contributed by atoms with Crippen molar-refractivity contribution in [3.63, 3.8) is 0 Å². The van der Waals surface area contributed by atoms with Crippen molar-refractivity contribution in [2.24, 2.45) is 5.92 Å². The van der Waals surface area contributed by atoms with Gasteiger partial charge in [0.15, 0.2) is 0 Å². The molecular formula is C18H26N4O2. The Hall–Kier alpha value is -2.21. The van der Waals surface area contributed by atoms with Gasteiger partial charge in [0.05, 0.1) is 12.3 Å². The predicted molar refractivity (Wildman–Crippen MR) is 93.4 cm³/mol. The van der Waals surface area contributed by atoms with Crippen LogP contribution in [0.15, 0.2) is 24.3 Å². The average Bonchev–Trinajstić information content (AvgIpc) is 2.85. The molecule has 1 atom stereocenters. The lowest BCUT2D eigenvalue weighted by atomic mass is 10.2. The zero-order valence-electron chi connectivity index (χ0n) is 15.0. The molecule has 1 amide bonds. The molecule has 0 saturated carbocycles. The van der Waals surface area contributed by atoms with Crippen molar-refractivity contribution < 1.29 is 9.53 Å². The number of benzene rings is 1. The number of carbonyl (C=O) groups excluding carboxylic acids is 1. The summed E-state index contributed by atoms with van der Waals surface area (Å²) < 4.78 is 7.32. The lowest BCUT2D eigenvalue weighted by molar-refractivity contribution is 0.0792. The normalized spacial score (nSPS) is 12.4. The minimum Gasteiger partial charge on any atom is -0.379 e. The van der Waals surface area contributed by atoms with Crippen molar-refractivity contribution in [2.45, 2.75) is 40.7 Å². The topological polar surface area (TPSA) is 69.0 Å². The Bertz CT molecular complexity index is 677. The van der Waals surface area contributed by atoms with Gasteiger partial charge in [-0.2, -0.15) is 5.10 Å². The molecule has 6 heteroatoms. The third-order valence-corrected chi connectivity index (χ3v) is 3.45. The van der Waals surface area contributed by atoms with E-state index in [4.69, 9.17) is 4.74 Å². The fraction of sp³-hybridized carbons (Fsp3) is 0.500. The van der Waals surface area contributed by atoms with Crippen molar-refractivity contribution in [3.8, 4) is 5.69 Å². The third kappa shape index (κ3) is 4.89. The summed E-state index contributed by atoms with van der Waals surface area (Å²) in [5, 5.41) is 7.29. The molecule has 0 unspecified atom stereocenters. The minimum absolute atomic E-state index is 0.0314. The summed E-state index contributed by atoms with van der Waals surface area (Å²) in [5.74, 6) is 1.93. The van der Waals surface area contributed by atoms with Gasteiger partial charge < -0.3 is 10.1 Å². The Morgan fingerprint density at radius 2 is 1.83 bits per heavy atom. The van der Waals surface area contributed by atoms with E-state index in [1.807, 2.05) is 32.9 Å². The molecule has 0 saturated heterocycles. The van der Waals surface area contributed by atoms with Gasteiger partial charge >= 0.3 is 0 Å². The molecule has 1 aromatic carbocycles. The number of amides is 1. The maximum atomic E-state index is 12.3. The van der Waals surface area contributed by atoms with Gasteiger partial charge in [-0.25, -0.2) is 9.67 Å². The molecular weight excluding hydrogens is 304 g/mol. The van der Waals surface area contributed by atoms with Crippen LogP contribution in [0.1, 0.15) is 42.8 Å². The fourth-order valence-electron chi connectivity index (χ4n) is 2.35. The average molecular weight is 330 g/mol. The summed E-state index contributed by atoms with van der Waals surface area (Å²) in [5.41, 5.74) is 1.50. The molecule has 1 heterocycles. The molecule has 0 bridgehead atoms. The third-order valence-electron chi connectivity index (χ3n) is 3.45. The van der Waals surface area contributed by atoms with Crippen molar-refractivity contribution in [1.29, 1.82) is 0 Å². The summed E-state index contributed by atoms with van der Waals surface area (Å²) in [6.07, 6.45) is 0. The van der Waals surface area contributed by atoms with Gasteiger partial charge in [-0.1, -0.05) is 13.8 Å². The standard InChI is InChI=1S/C18H26N4O2/c1-12(2)10-24-11-13(3)19-18(23)16-6-8-17(9-7-16)22-15(5)20-14(4)21-22/h6-9,12-13H,10-11H2,1-5H3,(H,19,23)/t13-/m0/s1. The SMILES string of the molecule is Cc1nc(C)n(-c2ccc(C(=O)N[C@@H](C)COCC(C)C)cc2)n1. The maximum Gasteiger partial charge on any atom is 0.251 e. The molecule has 0 aliphatic carbocycles. The number of hydrogen-bond donors (Lipinski definition) is 1. The highest BCUT2D eigenvalue weighted by Gasteiger charge is 2.11. The highest BCUT2D eigenvalue weighted by molar-refractivity contribution is 5.94. The number of hydrogen-bond acceptors (Lipinski definition) is 4. The molecule has 130 valence electrons. The van der Waals surface area contributed by atoms with Crippen LogP contribution >= 0.6 is 0 Å². The predicted octanol–water partition coefficient (Wildman–Crippen LogP) is 2.68. The largest absolute Gasteiger partial charge is 0.379 e. The Labute approximate surface area is 143 Å². The van der Waals surface area contributed by atoms with Gasteiger partial charge in [0.2, 0.25) is 0 Å².